The minimum absolute atomic E-state index is 0.115. The Bertz CT molecular complexity index is 1320. The Hall–Kier alpha value is -3.79. The lowest BCUT2D eigenvalue weighted by Gasteiger charge is -2.07. The second-order valence-electron chi connectivity index (χ2n) is 6.06. The van der Waals surface area contributed by atoms with Crippen LogP contribution in [-0.2, 0) is 10.0 Å². The topological polar surface area (TPSA) is 115 Å². The van der Waals surface area contributed by atoms with Crippen molar-refractivity contribution in [2.24, 2.45) is 0 Å². The Kier molecular flexibility index (Phi) is 4.47. The van der Waals surface area contributed by atoms with E-state index in [9.17, 15) is 22.9 Å². The van der Waals surface area contributed by atoms with Crippen LogP contribution in [-0.4, -0.2) is 18.3 Å². The lowest BCUT2D eigenvalue weighted by molar-refractivity contribution is -0.384. The van der Waals surface area contributed by atoms with Crippen molar-refractivity contribution in [2.75, 3.05) is 4.72 Å². The van der Waals surface area contributed by atoms with E-state index in [-0.39, 0.29) is 28.0 Å². The third kappa shape index (κ3) is 3.78. The van der Waals surface area contributed by atoms with Crippen LogP contribution in [0.3, 0.4) is 0 Å². The average molecular weight is 413 g/mol. The van der Waals surface area contributed by atoms with Crippen LogP contribution in [0.5, 0.6) is 0 Å². The summed E-state index contributed by atoms with van der Waals surface area (Å²) in [5.41, 5.74) is 1.46. The fourth-order valence-electron chi connectivity index (χ4n) is 2.67. The molecule has 10 heteroatoms. The predicted molar refractivity (Wildman–Crippen MR) is 103 cm³/mol. The Morgan fingerprint density at radius 1 is 1.00 bits per heavy atom. The van der Waals surface area contributed by atoms with E-state index in [1.807, 2.05) is 0 Å². The van der Waals surface area contributed by atoms with Crippen molar-refractivity contribution < 1.29 is 22.1 Å². The molecule has 0 unspecified atom stereocenters. The first-order valence-corrected chi connectivity index (χ1v) is 9.74. The number of hydrogen-bond acceptors (Lipinski definition) is 6. The number of anilines is 1. The van der Waals surface area contributed by atoms with Gasteiger partial charge in [-0.15, -0.1) is 0 Å². The van der Waals surface area contributed by atoms with Crippen LogP contribution in [0.1, 0.15) is 0 Å². The maximum absolute atomic E-state index is 13.1. The molecule has 4 aromatic rings. The van der Waals surface area contributed by atoms with Gasteiger partial charge in [-0.25, -0.2) is 17.8 Å². The molecule has 3 aromatic carbocycles. The molecule has 0 aliphatic carbocycles. The zero-order chi connectivity index (χ0) is 20.6. The zero-order valence-electron chi connectivity index (χ0n) is 14.6. The second kappa shape index (κ2) is 6.99. The van der Waals surface area contributed by atoms with Crippen molar-refractivity contribution in [1.29, 1.82) is 0 Å². The van der Waals surface area contributed by atoms with Gasteiger partial charge in [0.15, 0.2) is 5.58 Å². The normalized spacial score (nSPS) is 11.5. The number of benzene rings is 3. The molecule has 8 nitrogen and oxygen atoms in total. The maximum atomic E-state index is 13.1. The number of nitro groups is 1. The molecule has 0 radical (unpaired) electrons. The number of rotatable bonds is 5. The molecule has 1 aromatic heterocycles. The van der Waals surface area contributed by atoms with E-state index in [0.717, 1.165) is 24.3 Å². The Morgan fingerprint density at radius 3 is 2.34 bits per heavy atom. The minimum Gasteiger partial charge on any atom is -0.436 e. The van der Waals surface area contributed by atoms with Gasteiger partial charge in [-0.1, -0.05) is 0 Å². The van der Waals surface area contributed by atoms with Crippen LogP contribution in [0.25, 0.3) is 22.6 Å². The Morgan fingerprint density at radius 2 is 1.69 bits per heavy atom. The van der Waals surface area contributed by atoms with Gasteiger partial charge in [0.2, 0.25) is 5.89 Å². The van der Waals surface area contributed by atoms with E-state index < -0.39 is 14.9 Å². The molecule has 1 heterocycles. The molecular formula is C19H12FN3O5S. The highest BCUT2D eigenvalue weighted by Crippen LogP contribution is 2.27. The van der Waals surface area contributed by atoms with Gasteiger partial charge in [-0.2, -0.15) is 0 Å². The fourth-order valence-corrected chi connectivity index (χ4v) is 3.72. The monoisotopic (exact) mass is 413 g/mol. The van der Waals surface area contributed by atoms with Crippen LogP contribution < -0.4 is 4.72 Å². The van der Waals surface area contributed by atoms with Crippen LogP contribution in [0.15, 0.2) is 76.0 Å². The van der Waals surface area contributed by atoms with Crippen LogP contribution in [0.4, 0.5) is 15.8 Å². The summed E-state index contributed by atoms with van der Waals surface area (Å²) < 4.78 is 46.1. The summed E-state index contributed by atoms with van der Waals surface area (Å²) in [6.45, 7) is 0. The fraction of sp³-hybridized carbons (Fsp3) is 0. The highest BCUT2D eigenvalue weighted by molar-refractivity contribution is 7.92. The SMILES string of the molecule is O=[N+]([O-])c1ccc(S(=O)(=O)Nc2ccc3oc(-c4ccc(F)cc4)nc3c2)cc1. The van der Waals surface area contributed by atoms with E-state index in [2.05, 4.69) is 9.71 Å². The van der Waals surface area contributed by atoms with Crippen molar-refractivity contribution >= 4 is 32.5 Å². The quantitative estimate of drug-likeness (QED) is 0.384. The standard InChI is InChI=1S/C19H12FN3O5S/c20-13-3-1-12(2-4-13)19-21-17-11-14(5-10-18(17)28-19)22-29(26,27)16-8-6-15(7-9-16)23(24)25/h1-11,22H. The van der Waals surface area contributed by atoms with Gasteiger partial charge in [0.1, 0.15) is 11.3 Å². The third-order valence-electron chi connectivity index (χ3n) is 4.09. The summed E-state index contributed by atoms with van der Waals surface area (Å²) in [6.07, 6.45) is 0. The highest BCUT2D eigenvalue weighted by atomic mass is 32.2. The van der Waals surface area contributed by atoms with Crippen molar-refractivity contribution in [3.63, 3.8) is 0 Å². The smallest absolute Gasteiger partial charge is 0.269 e. The van der Waals surface area contributed by atoms with Gasteiger partial charge >= 0.3 is 0 Å². The lowest BCUT2D eigenvalue weighted by atomic mass is 10.2. The number of nitrogens with zero attached hydrogens (tertiary/aromatic N) is 2. The molecule has 29 heavy (non-hydrogen) atoms. The van der Waals surface area contributed by atoms with Crippen molar-refractivity contribution in [3.8, 4) is 11.5 Å². The van der Waals surface area contributed by atoms with Gasteiger partial charge in [0, 0.05) is 17.7 Å². The molecule has 0 aliphatic heterocycles. The molecule has 0 atom stereocenters. The summed E-state index contributed by atoms with van der Waals surface area (Å²) in [4.78, 5) is 14.3. The number of nitro benzene ring substituents is 1. The predicted octanol–water partition coefficient (Wildman–Crippen LogP) is 4.34. The Balaban J connectivity index is 1.62. The van der Waals surface area contributed by atoms with Gasteiger partial charge in [0.25, 0.3) is 15.7 Å². The highest BCUT2D eigenvalue weighted by Gasteiger charge is 2.17. The number of sulfonamides is 1. The molecule has 4 rings (SSSR count). The molecule has 0 amide bonds. The van der Waals surface area contributed by atoms with Gasteiger partial charge < -0.3 is 4.42 Å². The van der Waals surface area contributed by atoms with Crippen LogP contribution >= 0.6 is 0 Å². The average Bonchev–Trinajstić information content (AvgIpc) is 3.11. The van der Waals surface area contributed by atoms with Gasteiger partial charge in [0.05, 0.1) is 15.5 Å². The Labute approximate surface area is 163 Å². The van der Waals surface area contributed by atoms with Gasteiger partial charge in [-0.05, 0) is 54.6 Å². The summed E-state index contributed by atoms with van der Waals surface area (Å²) in [5.74, 6) is -0.108. The lowest BCUT2D eigenvalue weighted by Crippen LogP contribution is -2.12. The molecule has 0 fully saturated rings. The molecular weight excluding hydrogens is 401 g/mol. The van der Waals surface area contributed by atoms with E-state index in [4.69, 9.17) is 4.42 Å². The zero-order valence-corrected chi connectivity index (χ0v) is 15.4. The molecule has 146 valence electrons. The summed E-state index contributed by atoms with van der Waals surface area (Å²) in [7, 11) is -3.95. The van der Waals surface area contributed by atoms with Crippen molar-refractivity contribution in [1.82, 2.24) is 4.98 Å². The molecule has 1 N–H and O–H groups in total. The van der Waals surface area contributed by atoms with Crippen molar-refractivity contribution in [2.45, 2.75) is 4.90 Å². The first-order valence-electron chi connectivity index (χ1n) is 8.26. The van der Waals surface area contributed by atoms with Gasteiger partial charge in [-0.3, -0.25) is 14.8 Å². The number of fused-ring (bicyclic) bond motifs is 1. The number of oxazole rings is 1. The first kappa shape index (κ1) is 18.6. The number of aromatic nitrogens is 1. The van der Waals surface area contributed by atoms with E-state index in [0.29, 0.717) is 16.7 Å². The summed E-state index contributed by atoms with van der Waals surface area (Å²) in [6, 6.07) is 14.7. The van der Waals surface area contributed by atoms with Crippen LogP contribution in [0, 0.1) is 15.9 Å². The number of halogens is 1. The number of hydrogen-bond donors (Lipinski definition) is 1. The number of nitrogens with one attached hydrogen (secondary N) is 1. The summed E-state index contributed by atoms with van der Waals surface area (Å²) >= 11 is 0. The molecule has 0 saturated carbocycles. The molecule has 0 aliphatic rings. The number of non-ortho nitro benzene ring substituents is 1. The van der Waals surface area contributed by atoms with E-state index >= 15 is 0 Å². The van der Waals surface area contributed by atoms with Crippen LogP contribution in [0.2, 0.25) is 0 Å². The first-order chi connectivity index (χ1) is 13.8. The molecule has 0 spiro atoms. The minimum atomic E-state index is -3.95. The molecule has 0 bridgehead atoms. The third-order valence-corrected chi connectivity index (χ3v) is 5.49. The second-order valence-corrected chi connectivity index (χ2v) is 7.75. The van der Waals surface area contributed by atoms with E-state index in [1.165, 1.54) is 36.4 Å². The summed E-state index contributed by atoms with van der Waals surface area (Å²) in [5, 5.41) is 10.7. The maximum Gasteiger partial charge on any atom is 0.269 e. The molecule has 0 saturated heterocycles. The van der Waals surface area contributed by atoms with Crippen molar-refractivity contribution in [3.05, 3.63) is 82.7 Å². The van der Waals surface area contributed by atoms with E-state index in [1.54, 1.807) is 6.07 Å². The largest absolute Gasteiger partial charge is 0.436 e.